The minimum atomic E-state index is -3.85. The number of rotatable bonds is 10. The van der Waals surface area contributed by atoms with E-state index in [1.165, 1.54) is 16.1 Å². The average Bonchev–Trinajstić information content (AvgIpc) is 3.65. The number of benzene rings is 3. The second-order valence-electron chi connectivity index (χ2n) is 11.3. The Balaban J connectivity index is 1.30. The molecule has 3 heterocycles. The maximum Gasteiger partial charge on any atom is 0.309 e. The van der Waals surface area contributed by atoms with Crippen LogP contribution in [0.3, 0.4) is 0 Å². The van der Waals surface area contributed by atoms with Gasteiger partial charge in [0, 0.05) is 30.4 Å². The summed E-state index contributed by atoms with van der Waals surface area (Å²) in [5, 5.41) is 4.86. The van der Waals surface area contributed by atoms with Crippen LogP contribution in [0, 0.1) is 5.92 Å². The van der Waals surface area contributed by atoms with Crippen molar-refractivity contribution in [2.45, 2.75) is 31.2 Å². The molecule has 2 fully saturated rings. The summed E-state index contributed by atoms with van der Waals surface area (Å²) in [6.45, 7) is 2.82. The van der Waals surface area contributed by atoms with Gasteiger partial charge in [0.1, 0.15) is 15.8 Å². The SMILES string of the molecule is CCOC(=O)C1CCN(S(=O)(=O)c2cccc(-c3nn(-c4ccccc4)cc3/C=C3\SC(=S)N(Cc4ccc(OC)cc4)C3=O)c2)CC1. The molecule has 2 saturated heterocycles. The van der Waals surface area contributed by atoms with Gasteiger partial charge in [-0.15, -0.1) is 0 Å². The molecule has 3 aromatic carbocycles. The summed E-state index contributed by atoms with van der Waals surface area (Å²) in [4.78, 5) is 28.0. The van der Waals surface area contributed by atoms with Crippen molar-refractivity contribution in [3.63, 3.8) is 0 Å². The first-order chi connectivity index (χ1) is 23.2. The van der Waals surface area contributed by atoms with Crippen LogP contribution >= 0.6 is 24.0 Å². The Bertz CT molecular complexity index is 1970. The predicted octanol–water partition coefficient (Wildman–Crippen LogP) is 5.91. The summed E-state index contributed by atoms with van der Waals surface area (Å²) in [6.07, 6.45) is 4.39. The van der Waals surface area contributed by atoms with E-state index in [2.05, 4.69) is 0 Å². The summed E-state index contributed by atoms with van der Waals surface area (Å²) in [5.74, 6) is -0.0867. The Morgan fingerprint density at radius 1 is 1.04 bits per heavy atom. The van der Waals surface area contributed by atoms with Gasteiger partial charge in [-0.25, -0.2) is 13.1 Å². The van der Waals surface area contributed by atoms with Crippen molar-refractivity contribution >= 4 is 56.3 Å². The lowest BCUT2D eigenvalue weighted by Crippen LogP contribution is -2.40. The minimum Gasteiger partial charge on any atom is -0.497 e. The van der Waals surface area contributed by atoms with Crippen molar-refractivity contribution in [2.75, 3.05) is 26.8 Å². The number of methoxy groups -OCH3 is 1. The Hall–Kier alpha value is -4.30. The van der Waals surface area contributed by atoms with Crippen LogP contribution in [0.4, 0.5) is 0 Å². The number of hydrogen-bond acceptors (Lipinski definition) is 9. The Labute approximate surface area is 289 Å². The van der Waals surface area contributed by atoms with E-state index in [0.717, 1.165) is 17.0 Å². The lowest BCUT2D eigenvalue weighted by atomic mass is 9.98. The Kier molecular flexibility index (Phi) is 10.1. The summed E-state index contributed by atoms with van der Waals surface area (Å²) < 4.78 is 41.5. The molecule has 0 N–H and O–H groups in total. The second kappa shape index (κ2) is 14.4. The number of para-hydroxylation sites is 1. The largest absolute Gasteiger partial charge is 0.497 e. The number of aromatic nitrogens is 2. The molecular weight excluding hydrogens is 669 g/mol. The zero-order valence-electron chi connectivity index (χ0n) is 26.4. The highest BCUT2D eigenvalue weighted by Gasteiger charge is 2.34. The second-order valence-corrected chi connectivity index (χ2v) is 14.9. The van der Waals surface area contributed by atoms with Crippen LogP contribution in [0.5, 0.6) is 5.75 Å². The molecule has 1 amide bonds. The monoisotopic (exact) mass is 702 g/mol. The summed E-state index contributed by atoms with van der Waals surface area (Å²) in [7, 11) is -2.25. The molecular formula is C35H34N4O6S3. The standard InChI is InChI=1S/C35H34N4O6S3/c1-3-45-34(41)25-16-18-37(19-17-25)48(42,43)30-11-7-8-26(20-30)32-27(23-39(36-32)28-9-5-4-6-10-28)21-31-33(40)38(35(46)47-31)22-24-12-14-29(44-2)15-13-24/h4-15,20-21,23,25H,3,16-19,22H2,1-2H3/b31-21-. The van der Waals surface area contributed by atoms with Crippen LogP contribution in [0.15, 0.2) is 94.9 Å². The molecule has 0 saturated carbocycles. The molecule has 6 rings (SSSR count). The fourth-order valence-electron chi connectivity index (χ4n) is 5.67. The van der Waals surface area contributed by atoms with E-state index in [0.29, 0.717) is 52.0 Å². The number of hydrogen-bond donors (Lipinski definition) is 0. The molecule has 2 aliphatic rings. The number of thioether (sulfide) groups is 1. The maximum absolute atomic E-state index is 13.8. The molecule has 13 heteroatoms. The molecule has 1 aromatic heterocycles. The highest BCUT2D eigenvalue weighted by Crippen LogP contribution is 2.36. The van der Waals surface area contributed by atoms with Gasteiger partial charge in [0.25, 0.3) is 5.91 Å². The van der Waals surface area contributed by atoms with Gasteiger partial charge in [0.2, 0.25) is 10.0 Å². The van der Waals surface area contributed by atoms with Gasteiger partial charge in [-0.1, -0.05) is 66.4 Å². The van der Waals surface area contributed by atoms with Crippen LogP contribution in [0.2, 0.25) is 0 Å². The van der Waals surface area contributed by atoms with Crippen molar-refractivity contribution in [2.24, 2.45) is 5.92 Å². The number of piperidine rings is 1. The van der Waals surface area contributed by atoms with Crippen molar-refractivity contribution in [3.05, 3.63) is 101 Å². The zero-order chi connectivity index (χ0) is 33.8. The number of thiocarbonyl (C=S) groups is 1. The average molecular weight is 703 g/mol. The molecule has 10 nitrogen and oxygen atoms in total. The molecule has 2 aliphatic heterocycles. The number of carbonyl (C=O) groups is 2. The number of esters is 1. The first kappa shape index (κ1) is 33.6. The lowest BCUT2D eigenvalue weighted by molar-refractivity contribution is -0.149. The van der Waals surface area contributed by atoms with Gasteiger partial charge < -0.3 is 9.47 Å². The van der Waals surface area contributed by atoms with Crippen LogP contribution < -0.4 is 4.74 Å². The van der Waals surface area contributed by atoms with Gasteiger partial charge in [-0.3, -0.25) is 14.5 Å². The van der Waals surface area contributed by atoms with Gasteiger partial charge in [0.15, 0.2) is 0 Å². The van der Waals surface area contributed by atoms with Gasteiger partial charge in [-0.05, 0) is 67.8 Å². The third-order valence-electron chi connectivity index (χ3n) is 8.24. The molecule has 48 heavy (non-hydrogen) atoms. The fraction of sp³-hybridized carbons (Fsp3) is 0.257. The van der Waals surface area contributed by atoms with E-state index in [4.69, 9.17) is 26.8 Å². The molecule has 4 aromatic rings. The number of nitrogens with zero attached hydrogens (tertiary/aromatic N) is 4. The van der Waals surface area contributed by atoms with Crippen molar-refractivity contribution in [1.29, 1.82) is 0 Å². The molecule has 0 atom stereocenters. The van der Waals surface area contributed by atoms with E-state index >= 15 is 0 Å². The third-order valence-corrected chi connectivity index (χ3v) is 11.5. The first-order valence-corrected chi connectivity index (χ1v) is 18.1. The fourth-order valence-corrected chi connectivity index (χ4v) is 8.43. The van der Waals surface area contributed by atoms with E-state index in [1.54, 1.807) is 54.0 Å². The number of amides is 1. The van der Waals surface area contributed by atoms with Crippen LogP contribution in [-0.2, 0) is 30.9 Å². The number of sulfonamides is 1. The van der Waals surface area contributed by atoms with Crippen molar-refractivity contribution < 1.29 is 27.5 Å². The van der Waals surface area contributed by atoms with Crippen molar-refractivity contribution in [1.82, 2.24) is 19.0 Å². The molecule has 0 bridgehead atoms. The highest BCUT2D eigenvalue weighted by atomic mass is 32.2. The topological polar surface area (TPSA) is 111 Å². The summed E-state index contributed by atoms with van der Waals surface area (Å²) in [5.41, 5.74) is 3.44. The Morgan fingerprint density at radius 3 is 2.46 bits per heavy atom. The van der Waals surface area contributed by atoms with E-state index in [9.17, 15) is 18.0 Å². The lowest BCUT2D eigenvalue weighted by Gasteiger charge is -2.30. The molecule has 0 radical (unpaired) electrons. The normalized spacial score (nSPS) is 16.9. The van der Waals surface area contributed by atoms with Gasteiger partial charge in [-0.2, -0.15) is 9.40 Å². The quantitative estimate of drug-likeness (QED) is 0.113. The molecule has 0 spiro atoms. The Morgan fingerprint density at radius 2 is 1.77 bits per heavy atom. The van der Waals surface area contributed by atoms with Crippen LogP contribution in [0.1, 0.15) is 30.9 Å². The first-order valence-electron chi connectivity index (χ1n) is 15.5. The smallest absolute Gasteiger partial charge is 0.309 e. The maximum atomic E-state index is 13.8. The van der Waals surface area contributed by atoms with Crippen molar-refractivity contribution in [3.8, 4) is 22.7 Å². The zero-order valence-corrected chi connectivity index (χ0v) is 28.9. The van der Waals surface area contributed by atoms with Crippen LogP contribution in [0.25, 0.3) is 23.0 Å². The van der Waals surface area contributed by atoms with Gasteiger partial charge >= 0.3 is 5.97 Å². The number of ether oxygens (including phenoxy) is 2. The summed E-state index contributed by atoms with van der Waals surface area (Å²) in [6, 6.07) is 23.7. The summed E-state index contributed by atoms with van der Waals surface area (Å²) >= 11 is 6.82. The van der Waals surface area contributed by atoms with E-state index in [1.807, 2.05) is 60.8 Å². The molecule has 0 aliphatic carbocycles. The minimum absolute atomic E-state index is 0.126. The van der Waals surface area contributed by atoms with E-state index in [-0.39, 0.29) is 35.8 Å². The number of carbonyl (C=O) groups excluding carboxylic acids is 2. The molecule has 248 valence electrons. The highest BCUT2D eigenvalue weighted by molar-refractivity contribution is 8.26. The third kappa shape index (κ3) is 7.09. The van der Waals surface area contributed by atoms with Gasteiger partial charge in [0.05, 0.1) is 41.7 Å². The van der Waals surface area contributed by atoms with E-state index < -0.39 is 10.0 Å². The van der Waals surface area contributed by atoms with Crippen LogP contribution in [-0.4, -0.2) is 70.4 Å². The molecule has 0 unspecified atom stereocenters. The predicted molar refractivity (Wildman–Crippen MR) is 189 cm³/mol.